The summed E-state index contributed by atoms with van der Waals surface area (Å²) in [5.41, 5.74) is 3.68. The van der Waals surface area contributed by atoms with E-state index in [9.17, 15) is 4.79 Å². The van der Waals surface area contributed by atoms with Gasteiger partial charge in [-0.3, -0.25) is 10.2 Å². The summed E-state index contributed by atoms with van der Waals surface area (Å²) in [6.07, 6.45) is 0.950. The van der Waals surface area contributed by atoms with Crippen LogP contribution in [-0.4, -0.2) is 53.6 Å². The van der Waals surface area contributed by atoms with Crippen LogP contribution in [0.5, 0.6) is 0 Å². The number of nitrogens with one attached hydrogen (secondary N) is 2. The SMILES string of the molecule is CC(C)(C)c1cc(NC(=O)Nc2cccc3ccccc23)n(-c2cccc(CCN3CCOCC3)c2)n1. The van der Waals surface area contributed by atoms with Gasteiger partial charge in [-0.2, -0.15) is 5.10 Å². The first kappa shape index (κ1) is 25.0. The molecular formula is C30H35N5O2. The van der Waals surface area contributed by atoms with E-state index >= 15 is 0 Å². The quantitative estimate of drug-likeness (QED) is 0.351. The Bertz CT molecular complexity index is 1380. The van der Waals surface area contributed by atoms with Crippen molar-refractivity contribution < 1.29 is 9.53 Å². The van der Waals surface area contributed by atoms with E-state index in [1.165, 1.54) is 5.56 Å². The van der Waals surface area contributed by atoms with E-state index in [0.717, 1.165) is 67.1 Å². The van der Waals surface area contributed by atoms with Crippen LogP contribution < -0.4 is 10.6 Å². The first-order chi connectivity index (χ1) is 17.9. The standard InChI is InChI=1S/C30H35N5O2/c1-30(2,3)27-21-28(32-29(36)31-26-13-7-10-23-9-4-5-12-25(23)26)35(33-27)24-11-6-8-22(20-24)14-15-34-16-18-37-19-17-34/h4-13,20-21H,14-19H2,1-3H3,(H2,31,32,36). The van der Waals surface area contributed by atoms with Crippen LogP contribution >= 0.6 is 0 Å². The molecule has 4 aromatic rings. The van der Waals surface area contributed by atoms with Gasteiger partial charge in [-0.1, -0.05) is 69.3 Å². The summed E-state index contributed by atoms with van der Waals surface area (Å²) in [6, 6.07) is 24.0. The van der Waals surface area contributed by atoms with E-state index in [1.807, 2.05) is 59.3 Å². The lowest BCUT2D eigenvalue weighted by Crippen LogP contribution is -2.37. The highest BCUT2D eigenvalue weighted by molar-refractivity contribution is 6.06. The number of aromatic nitrogens is 2. The van der Waals surface area contributed by atoms with Gasteiger partial charge in [0.05, 0.1) is 30.3 Å². The summed E-state index contributed by atoms with van der Waals surface area (Å²) < 4.78 is 7.30. The van der Waals surface area contributed by atoms with Crippen molar-refractivity contribution in [3.8, 4) is 5.69 Å². The normalized spacial score (nSPS) is 14.6. The molecule has 1 aliphatic rings. The van der Waals surface area contributed by atoms with Gasteiger partial charge in [-0.25, -0.2) is 9.48 Å². The molecule has 7 heteroatoms. The molecule has 0 aliphatic carbocycles. The van der Waals surface area contributed by atoms with E-state index in [1.54, 1.807) is 0 Å². The van der Waals surface area contributed by atoms with Crippen molar-refractivity contribution in [2.24, 2.45) is 0 Å². The number of urea groups is 1. The fraction of sp³-hybridized carbons (Fsp3) is 0.333. The first-order valence-corrected chi connectivity index (χ1v) is 12.9. The van der Waals surface area contributed by atoms with E-state index < -0.39 is 0 Å². The van der Waals surface area contributed by atoms with Gasteiger partial charge in [0.25, 0.3) is 0 Å². The Labute approximate surface area is 218 Å². The van der Waals surface area contributed by atoms with Crippen LogP contribution in [-0.2, 0) is 16.6 Å². The zero-order chi connectivity index (χ0) is 25.8. The minimum atomic E-state index is -0.304. The first-order valence-electron chi connectivity index (χ1n) is 12.9. The number of ether oxygens (including phenoxy) is 1. The summed E-state index contributed by atoms with van der Waals surface area (Å²) in [7, 11) is 0. The molecule has 0 radical (unpaired) electrons. The highest BCUT2D eigenvalue weighted by atomic mass is 16.5. The number of hydrogen-bond acceptors (Lipinski definition) is 4. The lowest BCUT2D eigenvalue weighted by Gasteiger charge is -2.26. The molecule has 1 fully saturated rings. The Morgan fingerprint density at radius 3 is 2.51 bits per heavy atom. The number of carbonyl (C=O) groups excluding carboxylic acids is 1. The second-order valence-electron chi connectivity index (χ2n) is 10.6. The maximum absolute atomic E-state index is 13.1. The molecule has 2 heterocycles. The van der Waals surface area contributed by atoms with E-state index in [4.69, 9.17) is 9.84 Å². The second kappa shape index (κ2) is 10.7. The molecule has 1 aliphatic heterocycles. The molecule has 192 valence electrons. The van der Waals surface area contributed by atoms with E-state index in [0.29, 0.717) is 5.82 Å². The van der Waals surface area contributed by atoms with E-state index in [2.05, 4.69) is 54.5 Å². The third-order valence-corrected chi connectivity index (χ3v) is 6.73. The number of hydrogen-bond donors (Lipinski definition) is 2. The Morgan fingerprint density at radius 2 is 1.70 bits per heavy atom. The van der Waals surface area contributed by atoms with Crippen LogP contribution in [0.25, 0.3) is 16.5 Å². The number of rotatable bonds is 6. The van der Waals surface area contributed by atoms with Gasteiger partial charge in [0.1, 0.15) is 5.82 Å². The number of carbonyl (C=O) groups is 1. The monoisotopic (exact) mass is 497 g/mol. The van der Waals surface area contributed by atoms with Crippen molar-refractivity contribution in [2.45, 2.75) is 32.6 Å². The van der Waals surface area contributed by atoms with Crippen molar-refractivity contribution in [3.05, 3.63) is 84.1 Å². The number of anilines is 2. The zero-order valence-corrected chi connectivity index (χ0v) is 21.8. The maximum atomic E-state index is 13.1. The molecule has 0 atom stereocenters. The van der Waals surface area contributed by atoms with Crippen LogP contribution in [0.15, 0.2) is 72.8 Å². The van der Waals surface area contributed by atoms with Crippen molar-refractivity contribution in [3.63, 3.8) is 0 Å². The van der Waals surface area contributed by atoms with Crippen LogP contribution in [0, 0.1) is 0 Å². The molecule has 0 saturated carbocycles. The van der Waals surface area contributed by atoms with Crippen LogP contribution in [0.2, 0.25) is 0 Å². The summed E-state index contributed by atoms with van der Waals surface area (Å²) in [5.74, 6) is 0.632. The molecule has 2 N–H and O–H groups in total. The molecule has 0 bridgehead atoms. The van der Waals surface area contributed by atoms with Crippen LogP contribution in [0.3, 0.4) is 0 Å². The van der Waals surface area contributed by atoms with Crippen molar-refractivity contribution in [1.82, 2.24) is 14.7 Å². The smallest absolute Gasteiger partial charge is 0.324 e. The summed E-state index contributed by atoms with van der Waals surface area (Å²) >= 11 is 0. The fourth-order valence-electron chi connectivity index (χ4n) is 4.59. The number of amides is 2. The van der Waals surface area contributed by atoms with Crippen molar-refractivity contribution in [1.29, 1.82) is 0 Å². The topological polar surface area (TPSA) is 71.4 Å². The van der Waals surface area contributed by atoms with Gasteiger partial charge in [-0.15, -0.1) is 0 Å². The average molecular weight is 498 g/mol. The van der Waals surface area contributed by atoms with Gasteiger partial charge in [0, 0.05) is 36.5 Å². The zero-order valence-electron chi connectivity index (χ0n) is 21.8. The molecule has 37 heavy (non-hydrogen) atoms. The molecule has 5 rings (SSSR count). The third-order valence-electron chi connectivity index (χ3n) is 6.73. The van der Waals surface area contributed by atoms with Gasteiger partial charge >= 0.3 is 6.03 Å². The Balaban J connectivity index is 1.38. The molecule has 0 spiro atoms. The predicted molar refractivity (Wildman–Crippen MR) is 150 cm³/mol. The Morgan fingerprint density at radius 1 is 0.946 bits per heavy atom. The molecule has 2 amide bonds. The average Bonchev–Trinajstić information content (AvgIpc) is 3.33. The summed E-state index contributed by atoms with van der Waals surface area (Å²) in [6.45, 7) is 10.9. The Hall–Kier alpha value is -3.68. The molecular weight excluding hydrogens is 462 g/mol. The number of fused-ring (bicyclic) bond motifs is 1. The maximum Gasteiger partial charge on any atom is 0.324 e. The number of nitrogens with zero attached hydrogens (tertiary/aromatic N) is 3. The van der Waals surface area contributed by atoms with Crippen molar-refractivity contribution in [2.75, 3.05) is 43.5 Å². The van der Waals surface area contributed by atoms with Crippen LogP contribution in [0.1, 0.15) is 32.0 Å². The summed E-state index contributed by atoms with van der Waals surface area (Å²) in [5, 5.41) is 13.0. The lowest BCUT2D eigenvalue weighted by molar-refractivity contribution is 0.0384. The molecule has 7 nitrogen and oxygen atoms in total. The van der Waals surface area contributed by atoms with Gasteiger partial charge in [-0.05, 0) is 35.6 Å². The largest absolute Gasteiger partial charge is 0.379 e. The molecule has 3 aromatic carbocycles. The lowest BCUT2D eigenvalue weighted by atomic mass is 9.92. The van der Waals surface area contributed by atoms with Crippen molar-refractivity contribution >= 4 is 28.3 Å². The molecule has 1 aromatic heterocycles. The predicted octanol–water partition coefficient (Wildman–Crippen LogP) is 5.84. The summed E-state index contributed by atoms with van der Waals surface area (Å²) in [4.78, 5) is 15.6. The van der Waals surface area contributed by atoms with Crippen LogP contribution in [0.4, 0.5) is 16.3 Å². The van der Waals surface area contributed by atoms with Gasteiger partial charge in [0.15, 0.2) is 0 Å². The fourth-order valence-corrected chi connectivity index (χ4v) is 4.59. The molecule has 1 saturated heterocycles. The minimum absolute atomic E-state index is 0.165. The van der Waals surface area contributed by atoms with Gasteiger partial charge < -0.3 is 10.1 Å². The second-order valence-corrected chi connectivity index (χ2v) is 10.6. The minimum Gasteiger partial charge on any atom is -0.379 e. The number of morpholine rings is 1. The Kier molecular flexibility index (Phi) is 7.26. The van der Waals surface area contributed by atoms with Gasteiger partial charge in [0.2, 0.25) is 0 Å². The number of benzene rings is 3. The highest BCUT2D eigenvalue weighted by Gasteiger charge is 2.22. The van der Waals surface area contributed by atoms with E-state index in [-0.39, 0.29) is 11.4 Å². The molecule has 0 unspecified atom stereocenters. The highest BCUT2D eigenvalue weighted by Crippen LogP contribution is 2.28. The third kappa shape index (κ3) is 6.01.